The Labute approximate surface area is 112 Å². The van der Waals surface area contributed by atoms with Crippen LogP contribution in [0.1, 0.15) is 5.69 Å². The average molecular weight is 256 g/mol. The van der Waals surface area contributed by atoms with Crippen molar-refractivity contribution >= 4 is 5.69 Å². The number of anilines is 1. The van der Waals surface area contributed by atoms with Gasteiger partial charge in [0.2, 0.25) is 0 Å². The van der Waals surface area contributed by atoms with E-state index in [0.29, 0.717) is 13.2 Å². The lowest BCUT2D eigenvalue weighted by Crippen LogP contribution is -2.15. The van der Waals surface area contributed by atoms with E-state index in [9.17, 15) is 0 Å². The lowest BCUT2D eigenvalue weighted by Gasteiger charge is -2.19. The molecule has 4 heteroatoms. The molecule has 0 bridgehead atoms. The van der Waals surface area contributed by atoms with E-state index in [1.807, 2.05) is 42.6 Å². The van der Waals surface area contributed by atoms with Gasteiger partial charge in [0.05, 0.1) is 0 Å². The van der Waals surface area contributed by atoms with Crippen LogP contribution in [0.4, 0.5) is 5.69 Å². The van der Waals surface area contributed by atoms with Gasteiger partial charge in [-0.25, -0.2) is 0 Å². The van der Waals surface area contributed by atoms with Crippen LogP contribution in [0.15, 0.2) is 42.6 Å². The fourth-order valence-corrected chi connectivity index (χ4v) is 2.03. The van der Waals surface area contributed by atoms with Gasteiger partial charge < -0.3 is 14.8 Å². The number of hydrogen-bond donors (Lipinski definition) is 1. The van der Waals surface area contributed by atoms with E-state index in [0.717, 1.165) is 35.8 Å². The Morgan fingerprint density at radius 3 is 2.79 bits per heavy atom. The van der Waals surface area contributed by atoms with E-state index < -0.39 is 0 Å². The van der Waals surface area contributed by atoms with Gasteiger partial charge in [0, 0.05) is 36.6 Å². The smallest absolute Gasteiger partial charge is 0.163 e. The molecule has 1 N–H and O–H groups in total. The van der Waals surface area contributed by atoms with Crippen molar-refractivity contribution < 1.29 is 9.47 Å². The maximum atomic E-state index is 5.55. The van der Waals surface area contributed by atoms with Crippen LogP contribution in [0, 0.1) is 0 Å². The van der Waals surface area contributed by atoms with Crippen molar-refractivity contribution in [3.63, 3.8) is 0 Å². The molecule has 0 saturated heterocycles. The first kappa shape index (κ1) is 11.8. The van der Waals surface area contributed by atoms with Gasteiger partial charge in [0.15, 0.2) is 11.5 Å². The largest absolute Gasteiger partial charge is 0.486 e. The molecule has 0 fully saturated rings. The normalized spacial score (nSPS) is 13.1. The molecule has 2 aromatic rings. The molecular weight excluding hydrogens is 240 g/mol. The van der Waals surface area contributed by atoms with Gasteiger partial charge in [-0.3, -0.25) is 4.98 Å². The maximum Gasteiger partial charge on any atom is 0.163 e. The SMILES string of the molecule is c1ccc(CCNc2ccc3c(c2)OCCO3)nc1. The zero-order chi connectivity index (χ0) is 12.9. The molecule has 0 amide bonds. The van der Waals surface area contributed by atoms with Gasteiger partial charge in [-0.15, -0.1) is 0 Å². The molecule has 4 nitrogen and oxygen atoms in total. The van der Waals surface area contributed by atoms with E-state index in [1.165, 1.54) is 0 Å². The summed E-state index contributed by atoms with van der Waals surface area (Å²) in [6.45, 7) is 2.08. The third-order valence-corrected chi connectivity index (χ3v) is 2.98. The van der Waals surface area contributed by atoms with Gasteiger partial charge in [0.1, 0.15) is 13.2 Å². The van der Waals surface area contributed by atoms with Crippen molar-refractivity contribution in [3.8, 4) is 11.5 Å². The molecule has 0 saturated carbocycles. The van der Waals surface area contributed by atoms with Crippen LogP contribution in [-0.4, -0.2) is 24.7 Å². The number of pyridine rings is 1. The summed E-state index contributed by atoms with van der Waals surface area (Å²) in [6.07, 6.45) is 2.72. The fourth-order valence-electron chi connectivity index (χ4n) is 2.03. The first-order valence-corrected chi connectivity index (χ1v) is 6.45. The molecule has 1 aliphatic heterocycles. The van der Waals surface area contributed by atoms with Crippen LogP contribution in [0.5, 0.6) is 11.5 Å². The van der Waals surface area contributed by atoms with E-state index in [2.05, 4.69) is 10.3 Å². The summed E-state index contributed by atoms with van der Waals surface area (Å²) >= 11 is 0. The van der Waals surface area contributed by atoms with Crippen LogP contribution in [-0.2, 0) is 6.42 Å². The van der Waals surface area contributed by atoms with E-state index in [4.69, 9.17) is 9.47 Å². The Morgan fingerprint density at radius 2 is 1.95 bits per heavy atom. The number of benzene rings is 1. The van der Waals surface area contributed by atoms with Crippen LogP contribution >= 0.6 is 0 Å². The second-order valence-corrected chi connectivity index (χ2v) is 4.36. The zero-order valence-corrected chi connectivity index (χ0v) is 10.6. The molecular formula is C15H16N2O2. The number of nitrogens with zero attached hydrogens (tertiary/aromatic N) is 1. The molecule has 98 valence electrons. The fraction of sp³-hybridized carbons (Fsp3) is 0.267. The van der Waals surface area contributed by atoms with E-state index in [1.54, 1.807) is 0 Å². The first-order chi connectivity index (χ1) is 9.42. The zero-order valence-electron chi connectivity index (χ0n) is 10.6. The van der Waals surface area contributed by atoms with Crippen LogP contribution in [0.3, 0.4) is 0 Å². The minimum atomic E-state index is 0.615. The highest BCUT2D eigenvalue weighted by atomic mass is 16.6. The van der Waals surface area contributed by atoms with Gasteiger partial charge in [-0.2, -0.15) is 0 Å². The summed E-state index contributed by atoms with van der Waals surface area (Å²) in [7, 11) is 0. The third-order valence-electron chi connectivity index (χ3n) is 2.98. The maximum absolute atomic E-state index is 5.55. The Kier molecular flexibility index (Phi) is 3.49. The highest BCUT2D eigenvalue weighted by Gasteiger charge is 2.11. The number of nitrogens with one attached hydrogen (secondary N) is 1. The summed E-state index contributed by atoms with van der Waals surface area (Å²) in [5, 5.41) is 3.37. The molecule has 0 atom stereocenters. The standard InChI is InChI=1S/C15H16N2O2/c1-2-7-16-12(3-1)6-8-17-13-4-5-14-15(11-13)19-10-9-18-14/h1-5,7,11,17H,6,8-10H2. The number of hydrogen-bond acceptors (Lipinski definition) is 4. The van der Waals surface area contributed by atoms with Gasteiger partial charge in [0.25, 0.3) is 0 Å². The Bertz CT molecular complexity index is 543. The summed E-state index contributed by atoms with van der Waals surface area (Å²) in [5.74, 6) is 1.63. The Morgan fingerprint density at radius 1 is 1.05 bits per heavy atom. The summed E-state index contributed by atoms with van der Waals surface area (Å²) < 4.78 is 11.0. The minimum absolute atomic E-state index is 0.615. The second kappa shape index (κ2) is 5.61. The first-order valence-electron chi connectivity index (χ1n) is 6.45. The molecule has 1 aromatic carbocycles. The highest BCUT2D eigenvalue weighted by molar-refractivity contribution is 5.55. The summed E-state index contributed by atoms with van der Waals surface area (Å²) in [4.78, 5) is 4.30. The Hall–Kier alpha value is -2.23. The molecule has 0 spiro atoms. The van der Waals surface area contributed by atoms with Gasteiger partial charge in [-0.1, -0.05) is 6.07 Å². The molecule has 1 aliphatic rings. The number of ether oxygens (including phenoxy) is 2. The molecule has 1 aromatic heterocycles. The van der Waals surface area contributed by atoms with Crippen molar-refractivity contribution in [3.05, 3.63) is 48.3 Å². The number of fused-ring (bicyclic) bond motifs is 1. The van der Waals surface area contributed by atoms with Gasteiger partial charge in [-0.05, 0) is 24.3 Å². The lowest BCUT2D eigenvalue weighted by molar-refractivity contribution is 0.171. The molecule has 0 aliphatic carbocycles. The molecule has 3 rings (SSSR count). The monoisotopic (exact) mass is 256 g/mol. The molecule has 2 heterocycles. The number of rotatable bonds is 4. The quantitative estimate of drug-likeness (QED) is 0.912. The van der Waals surface area contributed by atoms with Crippen molar-refractivity contribution in [1.29, 1.82) is 0 Å². The van der Waals surface area contributed by atoms with Crippen LogP contribution in [0.25, 0.3) is 0 Å². The summed E-state index contributed by atoms with van der Waals surface area (Å²) in [5.41, 5.74) is 2.13. The second-order valence-electron chi connectivity index (χ2n) is 4.36. The van der Waals surface area contributed by atoms with E-state index >= 15 is 0 Å². The van der Waals surface area contributed by atoms with Crippen molar-refractivity contribution in [2.24, 2.45) is 0 Å². The van der Waals surface area contributed by atoms with Crippen LogP contribution < -0.4 is 14.8 Å². The Balaban J connectivity index is 1.58. The molecule has 19 heavy (non-hydrogen) atoms. The third kappa shape index (κ3) is 2.96. The molecule has 0 radical (unpaired) electrons. The van der Waals surface area contributed by atoms with Crippen molar-refractivity contribution in [2.45, 2.75) is 6.42 Å². The van der Waals surface area contributed by atoms with E-state index in [-0.39, 0.29) is 0 Å². The van der Waals surface area contributed by atoms with Crippen LogP contribution in [0.2, 0.25) is 0 Å². The average Bonchev–Trinajstić information content (AvgIpc) is 2.48. The van der Waals surface area contributed by atoms with Crippen molar-refractivity contribution in [2.75, 3.05) is 25.1 Å². The van der Waals surface area contributed by atoms with Gasteiger partial charge >= 0.3 is 0 Å². The predicted molar refractivity (Wildman–Crippen MR) is 73.9 cm³/mol. The predicted octanol–water partition coefficient (Wildman–Crippen LogP) is 2.51. The topological polar surface area (TPSA) is 43.4 Å². The molecule has 0 unspecified atom stereocenters. The van der Waals surface area contributed by atoms with Crippen molar-refractivity contribution in [1.82, 2.24) is 4.98 Å². The summed E-state index contributed by atoms with van der Waals surface area (Å²) in [6, 6.07) is 11.9. The highest BCUT2D eigenvalue weighted by Crippen LogP contribution is 2.32. The minimum Gasteiger partial charge on any atom is -0.486 e. The lowest BCUT2D eigenvalue weighted by atomic mass is 10.2. The number of aromatic nitrogens is 1.